The molecule has 3 aromatic rings. The van der Waals surface area contributed by atoms with Crippen LogP contribution in [0.25, 0.3) is 10.6 Å². The fourth-order valence-corrected chi connectivity index (χ4v) is 6.64. The number of rotatable bonds is 8. The van der Waals surface area contributed by atoms with E-state index in [2.05, 4.69) is 40.8 Å². The number of benzene rings is 1. The minimum atomic E-state index is -0.445. The first kappa shape index (κ1) is 27.1. The van der Waals surface area contributed by atoms with E-state index >= 15 is 0 Å². The lowest BCUT2D eigenvalue weighted by Gasteiger charge is -2.41. The molecule has 0 unspecified atom stereocenters. The van der Waals surface area contributed by atoms with Crippen LogP contribution in [0.15, 0.2) is 28.5 Å². The van der Waals surface area contributed by atoms with Crippen LogP contribution < -0.4 is 16.2 Å². The predicted octanol–water partition coefficient (Wildman–Crippen LogP) is 4.81. The summed E-state index contributed by atoms with van der Waals surface area (Å²) in [5.74, 6) is -0.445. The Balaban J connectivity index is 1.93. The number of nitrogens with zero attached hydrogens (tertiary/aromatic N) is 3. The number of carbonyl (C=O) groups excluding carboxylic acids is 1. The van der Waals surface area contributed by atoms with E-state index in [4.69, 9.17) is 5.73 Å². The number of hydrogen-bond acceptors (Lipinski definition) is 6. The summed E-state index contributed by atoms with van der Waals surface area (Å²) >= 11 is 1.53. The number of H-pyrrole nitrogens is 1. The summed E-state index contributed by atoms with van der Waals surface area (Å²) in [5, 5.41) is 2.76. The van der Waals surface area contributed by atoms with Crippen LogP contribution in [0.3, 0.4) is 0 Å². The third kappa shape index (κ3) is 5.50. The highest BCUT2D eigenvalue weighted by Crippen LogP contribution is 2.41. The molecule has 1 amide bonds. The summed E-state index contributed by atoms with van der Waals surface area (Å²) in [6.45, 7) is 8.86. The maximum atomic E-state index is 13.1. The maximum absolute atomic E-state index is 13.1. The first-order valence-corrected chi connectivity index (χ1v) is 14.0. The smallest absolute Gasteiger partial charge is 0.251 e. The minimum absolute atomic E-state index is 0.0697. The van der Waals surface area contributed by atoms with Gasteiger partial charge >= 0.3 is 0 Å². The molecule has 0 spiro atoms. The van der Waals surface area contributed by atoms with E-state index in [-0.39, 0.29) is 5.56 Å². The third-order valence-electron chi connectivity index (χ3n) is 7.90. The molecule has 1 aliphatic rings. The molecule has 2 aromatic heterocycles. The number of hydrogen-bond donors (Lipinski definition) is 2. The average Bonchev–Trinajstić information content (AvgIpc) is 3.38. The lowest BCUT2D eigenvalue weighted by atomic mass is 9.86. The summed E-state index contributed by atoms with van der Waals surface area (Å²) in [7, 11) is 4.31. The van der Waals surface area contributed by atoms with E-state index in [0.29, 0.717) is 24.1 Å². The van der Waals surface area contributed by atoms with Crippen LogP contribution in [-0.2, 0) is 6.42 Å². The summed E-state index contributed by atoms with van der Waals surface area (Å²) in [6.07, 6.45) is 6.65. The summed E-state index contributed by atoms with van der Waals surface area (Å²) < 4.78 is 0. The van der Waals surface area contributed by atoms with Crippen LogP contribution in [0, 0.1) is 20.8 Å². The molecule has 0 radical (unpaired) electrons. The van der Waals surface area contributed by atoms with Crippen LogP contribution in [-0.4, -0.2) is 53.5 Å². The van der Waals surface area contributed by atoms with Crippen molar-refractivity contribution >= 4 is 22.9 Å². The van der Waals surface area contributed by atoms with Gasteiger partial charge in [-0.25, -0.2) is 4.98 Å². The lowest BCUT2D eigenvalue weighted by Crippen LogP contribution is -2.43. The highest BCUT2D eigenvalue weighted by molar-refractivity contribution is 7.13. The number of thiazole rings is 1. The highest BCUT2D eigenvalue weighted by atomic mass is 32.1. The molecule has 0 bridgehead atoms. The van der Waals surface area contributed by atoms with Gasteiger partial charge in [0.15, 0.2) is 0 Å². The van der Waals surface area contributed by atoms with Crippen LogP contribution in [0.4, 0.5) is 5.69 Å². The van der Waals surface area contributed by atoms with Crippen molar-refractivity contribution in [3.8, 4) is 10.6 Å². The van der Waals surface area contributed by atoms with E-state index in [1.54, 1.807) is 6.20 Å². The molecule has 7 nitrogen and oxygen atoms in total. The fraction of sp³-hybridized carbons (Fsp3) is 0.483. The molecule has 1 aliphatic carbocycles. The van der Waals surface area contributed by atoms with Crippen molar-refractivity contribution in [1.29, 1.82) is 0 Å². The van der Waals surface area contributed by atoms with Gasteiger partial charge in [0, 0.05) is 64.7 Å². The molecular weight excluding hydrogens is 482 g/mol. The molecule has 3 N–H and O–H groups in total. The van der Waals surface area contributed by atoms with E-state index in [1.807, 2.05) is 38.3 Å². The van der Waals surface area contributed by atoms with Gasteiger partial charge in [-0.1, -0.05) is 0 Å². The molecule has 2 heterocycles. The summed E-state index contributed by atoms with van der Waals surface area (Å²) in [5.41, 5.74) is 12.7. The van der Waals surface area contributed by atoms with Crippen molar-refractivity contribution in [2.45, 2.75) is 71.9 Å². The average molecular weight is 522 g/mol. The second kappa shape index (κ2) is 11.2. The normalized spacial score (nSPS) is 17.8. The topological polar surface area (TPSA) is 95.3 Å². The standard InChI is InChI=1S/C29H39N5O2S/c1-7-34(21-10-8-20(9-11-21)33(5)6)26-19(4)23(27(30)35)16-25(29-31-12-13-37-29)24(26)15-22-17(2)14-18(3)32-28(22)36/h12-14,16,20-21H,7-11,15H2,1-6H3,(H2,30,35)(H,32,36). The SMILES string of the molecule is CCN(c1c(C)c(C(N)=O)cc(-c2nccs2)c1Cc1c(C)cc(C)[nH]c1=O)C1CCC(N(C)C)CC1. The quantitative estimate of drug-likeness (QED) is 0.443. The van der Waals surface area contributed by atoms with Gasteiger partial charge in [0.25, 0.3) is 5.56 Å². The Labute approximate surface area is 223 Å². The van der Waals surface area contributed by atoms with Crippen LogP contribution in [0.2, 0.25) is 0 Å². The zero-order chi connectivity index (χ0) is 26.9. The number of carbonyl (C=O) groups is 1. The zero-order valence-corrected chi connectivity index (χ0v) is 23.7. The van der Waals surface area contributed by atoms with Crippen molar-refractivity contribution < 1.29 is 4.79 Å². The monoisotopic (exact) mass is 521 g/mol. The molecule has 4 rings (SSSR count). The van der Waals surface area contributed by atoms with Crippen LogP contribution in [0.1, 0.15) is 70.9 Å². The van der Waals surface area contributed by atoms with Crippen LogP contribution >= 0.6 is 11.3 Å². The first-order valence-electron chi connectivity index (χ1n) is 13.1. The van der Waals surface area contributed by atoms with Gasteiger partial charge in [-0.15, -0.1) is 11.3 Å². The Morgan fingerprint density at radius 1 is 1.11 bits per heavy atom. The van der Waals surface area contributed by atoms with E-state index < -0.39 is 5.91 Å². The van der Waals surface area contributed by atoms with E-state index in [1.165, 1.54) is 11.3 Å². The molecule has 0 saturated heterocycles. The van der Waals surface area contributed by atoms with E-state index in [0.717, 1.165) is 76.4 Å². The Morgan fingerprint density at radius 2 is 1.78 bits per heavy atom. The van der Waals surface area contributed by atoms with E-state index in [9.17, 15) is 9.59 Å². The van der Waals surface area contributed by atoms with Gasteiger partial charge < -0.3 is 20.5 Å². The number of primary amides is 1. The molecule has 37 heavy (non-hydrogen) atoms. The Morgan fingerprint density at radius 3 is 2.32 bits per heavy atom. The van der Waals surface area contributed by atoms with Crippen molar-refractivity contribution in [2.24, 2.45) is 5.73 Å². The fourth-order valence-electron chi connectivity index (χ4n) is 5.96. The number of amides is 1. The van der Waals surface area contributed by atoms with Gasteiger partial charge in [-0.05, 0) is 96.3 Å². The number of nitrogens with one attached hydrogen (secondary N) is 1. The number of aromatic nitrogens is 2. The zero-order valence-electron chi connectivity index (χ0n) is 22.9. The third-order valence-corrected chi connectivity index (χ3v) is 8.71. The van der Waals surface area contributed by atoms with Gasteiger partial charge in [0.2, 0.25) is 5.91 Å². The van der Waals surface area contributed by atoms with Gasteiger partial charge in [0.05, 0.1) is 0 Å². The molecule has 1 fully saturated rings. The molecule has 1 saturated carbocycles. The second-order valence-electron chi connectivity index (χ2n) is 10.5. The van der Waals surface area contributed by atoms with Crippen molar-refractivity contribution in [1.82, 2.24) is 14.9 Å². The number of aryl methyl sites for hydroxylation is 2. The minimum Gasteiger partial charge on any atom is -0.368 e. The molecule has 198 valence electrons. The Bertz CT molecular complexity index is 1320. The molecule has 0 aliphatic heterocycles. The summed E-state index contributed by atoms with van der Waals surface area (Å²) in [6, 6.07) is 4.84. The number of nitrogens with two attached hydrogens (primary N) is 1. The summed E-state index contributed by atoms with van der Waals surface area (Å²) in [4.78, 5) is 38.1. The molecule has 8 heteroatoms. The Kier molecular flexibility index (Phi) is 8.19. The van der Waals surface area contributed by atoms with Crippen LogP contribution in [0.5, 0.6) is 0 Å². The first-order chi connectivity index (χ1) is 17.6. The van der Waals surface area contributed by atoms with Gasteiger partial charge in [-0.3, -0.25) is 9.59 Å². The number of aromatic amines is 1. The molecule has 1 aromatic carbocycles. The number of pyridine rings is 1. The largest absolute Gasteiger partial charge is 0.368 e. The predicted molar refractivity (Wildman–Crippen MR) is 153 cm³/mol. The second-order valence-corrected chi connectivity index (χ2v) is 11.4. The number of anilines is 1. The molecular formula is C29H39N5O2S. The van der Waals surface area contributed by atoms with Gasteiger partial charge in [-0.2, -0.15) is 0 Å². The maximum Gasteiger partial charge on any atom is 0.251 e. The Hall–Kier alpha value is -2.97. The van der Waals surface area contributed by atoms with Crippen molar-refractivity contribution in [3.63, 3.8) is 0 Å². The van der Waals surface area contributed by atoms with Gasteiger partial charge in [0.1, 0.15) is 5.01 Å². The highest BCUT2D eigenvalue weighted by Gasteiger charge is 2.31. The van der Waals surface area contributed by atoms with Crippen molar-refractivity contribution in [2.75, 3.05) is 25.5 Å². The molecule has 0 atom stereocenters. The van der Waals surface area contributed by atoms with Crippen molar-refractivity contribution in [3.05, 3.63) is 67.6 Å². The lowest BCUT2D eigenvalue weighted by molar-refractivity contribution is 0.0999.